The quantitative estimate of drug-likeness (QED) is 0.384. The Kier molecular flexibility index (Phi) is 6.28. The number of nitrogens with zero attached hydrogens (tertiary/aromatic N) is 4. The summed E-state index contributed by atoms with van der Waals surface area (Å²) in [5.41, 5.74) is 9.72. The summed E-state index contributed by atoms with van der Waals surface area (Å²) in [7, 11) is -3.30. The number of benzene rings is 2. The molecule has 2 amide bonds. The third kappa shape index (κ3) is 5.21. The van der Waals surface area contributed by atoms with Gasteiger partial charge < -0.3 is 16.4 Å². The molecule has 0 bridgehead atoms. The molecule has 4 rings (SSSR count). The van der Waals surface area contributed by atoms with E-state index >= 15 is 0 Å². The zero-order valence-corrected chi connectivity index (χ0v) is 19.4. The van der Waals surface area contributed by atoms with Crippen molar-refractivity contribution >= 4 is 33.2 Å². The number of carbonyl (C=O) groups excluding carboxylic acids is 1. The zero-order valence-electron chi connectivity index (χ0n) is 18.6. The van der Waals surface area contributed by atoms with Crippen molar-refractivity contribution in [3.63, 3.8) is 0 Å². The molecule has 0 saturated heterocycles. The molecule has 0 unspecified atom stereocenters. The first-order chi connectivity index (χ1) is 16.2. The van der Waals surface area contributed by atoms with Gasteiger partial charge in [0.2, 0.25) is 5.95 Å². The smallest absolute Gasteiger partial charge is 0.323 e. The van der Waals surface area contributed by atoms with Gasteiger partial charge in [-0.2, -0.15) is 5.10 Å². The normalized spacial score (nSPS) is 11.2. The van der Waals surface area contributed by atoms with Crippen LogP contribution >= 0.6 is 0 Å². The van der Waals surface area contributed by atoms with Crippen LogP contribution in [-0.2, 0) is 16.4 Å². The Morgan fingerprint density at radius 3 is 2.47 bits per heavy atom. The second-order valence-corrected chi connectivity index (χ2v) is 9.52. The van der Waals surface area contributed by atoms with E-state index in [1.54, 1.807) is 23.0 Å². The van der Waals surface area contributed by atoms with Crippen molar-refractivity contribution in [2.24, 2.45) is 0 Å². The van der Waals surface area contributed by atoms with E-state index in [1.807, 2.05) is 31.3 Å². The summed E-state index contributed by atoms with van der Waals surface area (Å²) < 4.78 is 25.0. The molecule has 34 heavy (non-hydrogen) atoms. The highest BCUT2D eigenvalue weighted by atomic mass is 32.2. The number of hydrogen-bond acceptors (Lipinski definition) is 7. The van der Waals surface area contributed by atoms with Gasteiger partial charge in [0, 0.05) is 42.1 Å². The summed E-state index contributed by atoms with van der Waals surface area (Å²) in [4.78, 5) is 20.9. The average molecular weight is 478 g/mol. The fraction of sp³-hybridized carbons (Fsp3) is 0.130. The Balaban J connectivity index is 1.56. The number of urea groups is 1. The van der Waals surface area contributed by atoms with Gasteiger partial charge >= 0.3 is 6.03 Å². The molecule has 4 aromatic rings. The Bertz CT molecular complexity index is 1450. The summed E-state index contributed by atoms with van der Waals surface area (Å²) >= 11 is 0. The number of nitrogens with two attached hydrogens (primary N) is 1. The lowest BCUT2D eigenvalue weighted by Gasteiger charge is -2.10. The van der Waals surface area contributed by atoms with Gasteiger partial charge in [-0.25, -0.2) is 23.2 Å². The number of nitrogens with one attached hydrogen (secondary N) is 2. The highest BCUT2D eigenvalue weighted by Gasteiger charge is 2.15. The van der Waals surface area contributed by atoms with E-state index in [1.165, 1.54) is 24.3 Å². The molecule has 2 heterocycles. The Labute approximate surface area is 196 Å². The van der Waals surface area contributed by atoms with Gasteiger partial charge in [0.25, 0.3) is 0 Å². The van der Waals surface area contributed by atoms with Gasteiger partial charge in [-0.1, -0.05) is 12.1 Å². The molecule has 0 fully saturated rings. The van der Waals surface area contributed by atoms with Crippen molar-refractivity contribution < 1.29 is 13.2 Å². The first kappa shape index (κ1) is 22.9. The lowest BCUT2D eigenvalue weighted by Crippen LogP contribution is -2.19. The summed E-state index contributed by atoms with van der Waals surface area (Å²) in [5, 5.41) is 10.1. The van der Waals surface area contributed by atoms with Crippen LogP contribution in [0.2, 0.25) is 0 Å². The van der Waals surface area contributed by atoms with Gasteiger partial charge in [-0.05, 0) is 55.0 Å². The molecule has 11 heteroatoms. The number of carbonyl (C=O) groups is 1. The van der Waals surface area contributed by atoms with Crippen LogP contribution in [0.4, 0.5) is 22.1 Å². The number of sulfone groups is 1. The van der Waals surface area contributed by atoms with E-state index < -0.39 is 15.9 Å². The van der Waals surface area contributed by atoms with Crippen molar-refractivity contribution in [2.75, 3.05) is 22.6 Å². The largest absolute Gasteiger partial charge is 0.368 e. The predicted molar refractivity (Wildman–Crippen MR) is 131 cm³/mol. The number of aryl methyl sites for hydroxylation is 1. The number of anilines is 3. The number of aromatic nitrogens is 4. The van der Waals surface area contributed by atoms with Crippen LogP contribution in [0.3, 0.4) is 0 Å². The van der Waals surface area contributed by atoms with E-state index in [0.29, 0.717) is 29.3 Å². The lowest BCUT2D eigenvalue weighted by molar-refractivity contribution is 0.262. The third-order valence-electron chi connectivity index (χ3n) is 4.97. The van der Waals surface area contributed by atoms with Crippen LogP contribution in [0.15, 0.2) is 71.9 Å². The van der Waals surface area contributed by atoms with Crippen LogP contribution < -0.4 is 16.4 Å². The molecule has 2 aromatic carbocycles. The van der Waals surface area contributed by atoms with Gasteiger partial charge in [-0.15, -0.1) is 0 Å². The number of nitrogen functional groups attached to an aromatic ring is 1. The standard InChI is InChI=1S/C23H23N7O3S/c1-3-30-14-19(21(29-30)20-11-12-25-22(24)28-20)15-5-4-6-17(13-15)27-23(31)26-16-7-9-18(10-8-16)34(2,32)33/h4-14H,3H2,1-2H3,(H2,24,25,28)(H2,26,27,31). The van der Waals surface area contributed by atoms with Gasteiger partial charge in [0.05, 0.1) is 10.6 Å². The molecular formula is C23H23N7O3S. The molecule has 0 saturated carbocycles. The molecule has 2 aromatic heterocycles. The summed E-state index contributed by atoms with van der Waals surface area (Å²) in [6.07, 6.45) is 4.62. The average Bonchev–Trinajstić information content (AvgIpc) is 3.24. The van der Waals surface area contributed by atoms with Crippen molar-refractivity contribution in [3.8, 4) is 22.5 Å². The van der Waals surface area contributed by atoms with Crippen LogP contribution in [0.1, 0.15) is 6.92 Å². The molecule has 0 aliphatic rings. The Hall–Kier alpha value is -4.25. The SMILES string of the molecule is CCn1cc(-c2cccc(NC(=O)Nc3ccc(S(C)(=O)=O)cc3)c2)c(-c2ccnc(N)n2)n1. The van der Waals surface area contributed by atoms with E-state index in [2.05, 4.69) is 25.7 Å². The van der Waals surface area contributed by atoms with Crippen LogP contribution in [0.5, 0.6) is 0 Å². The van der Waals surface area contributed by atoms with E-state index in [4.69, 9.17) is 5.73 Å². The Morgan fingerprint density at radius 2 is 1.79 bits per heavy atom. The minimum Gasteiger partial charge on any atom is -0.368 e. The topological polar surface area (TPSA) is 145 Å². The summed E-state index contributed by atoms with van der Waals surface area (Å²) in [6.45, 7) is 2.66. The minimum absolute atomic E-state index is 0.158. The molecule has 0 atom stereocenters. The minimum atomic E-state index is -3.30. The molecule has 174 valence electrons. The fourth-order valence-electron chi connectivity index (χ4n) is 3.33. The van der Waals surface area contributed by atoms with Crippen LogP contribution in [-0.4, -0.2) is 40.5 Å². The summed E-state index contributed by atoms with van der Waals surface area (Å²) in [6, 6.07) is 14.6. The number of rotatable bonds is 6. The van der Waals surface area contributed by atoms with Crippen molar-refractivity contribution in [2.45, 2.75) is 18.4 Å². The maximum Gasteiger partial charge on any atom is 0.323 e. The van der Waals surface area contributed by atoms with Gasteiger partial charge in [-0.3, -0.25) is 4.68 Å². The van der Waals surface area contributed by atoms with E-state index in [9.17, 15) is 13.2 Å². The van der Waals surface area contributed by atoms with E-state index in [-0.39, 0.29) is 10.8 Å². The predicted octanol–water partition coefficient (Wildman–Crippen LogP) is 3.66. The number of amides is 2. The van der Waals surface area contributed by atoms with Gasteiger partial charge in [0.15, 0.2) is 9.84 Å². The maximum atomic E-state index is 12.5. The molecule has 4 N–H and O–H groups in total. The molecule has 0 spiro atoms. The third-order valence-corrected chi connectivity index (χ3v) is 6.10. The van der Waals surface area contributed by atoms with Crippen molar-refractivity contribution in [3.05, 3.63) is 67.0 Å². The van der Waals surface area contributed by atoms with Crippen molar-refractivity contribution in [1.82, 2.24) is 19.7 Å². The second kappa shape index (κ2) is 9.32. The van der Waals surface area contributed by atoms with Crippen LogP contribution in [0.25, 0.3) is 22.5 Å². The van der Waals surface area contributed by atoms with Gasteiger partial charge in [0.1, 0.15) is 5.69 Å². The zero-order chi connectivity index (χ0) is 24.3. The van der Waals surface area contributed by atoms with Crippen molar-refractivity contribution in [1.29, 1.82) is 0 Å². The molecule has 0 aliphatic carbocycles. The second-order valence-electron chi connectivity index (χ2n) is 7.50. The fourth-order valence-corrected chi connectivity index (χ4v) is 3.96. The monoisotopic (exact) mass is 477 g/mol. The molecule has 0 radical (unpaired) electrons. The maximum absolute atomic E-state index is 12.5. The number of hydrogen-bond donors (Lipinski definition) is 3. The lowest BCUT2D eigenvalue weighted by atomic mass is 10.0. The molecular weight excluding hydrogens is 454 g/mol. The van der Waals surface area contributed by atoms with Crippen LogP contribution in [0, 0.1) is 0 Å². The highest BCUT2D eigenvalue weighted by molar-refractivity contribution is 7.90. The molecule has 0 aliphatic heterocycles. The first-order valence-electron chi connectivity index (χ1n) is 10.4. The first-order valence-corrected chi connectivity index (χ1v) is 12.3. The Morgan fingerprint density at radius 1 is 1.06 bits per heavy atom. The molecule has 10 nitrogen and oxygen atoms in total. The summed E-state index contributed by atoms with van der Waals surface area (Å²) in [5.74, 6) is 0.158. The highest BCUT2D eigenvalue weighted by Crippen LogP contribution is 2.31. The van der Waals surface area contributed by atoms with E-state index in [0.717, 1.165) is 17.4 Å².